The van der Waals surface area contributed by atoms with Crippen LogP contribution in [0.4, 0.5) is 5.69 Å². The highest BCUT2D eigenvalue weighted by Crippen LogP contribution is 2.13. The van der Waals surface area contributed by atoms with Crippen LogP contribution in [0.3, 0.4) is 0 Å². The van der Waals surface area contributed by atoms with Crippen molar-refractivity contribution in [2.75, 3.05) is 5.32 Å². The second-order valence-corrected chi connectivity index (χ2v) is 4.31. The molecule has 0 saturated heterocycles. The molecule has 0 aromatic heterocycles. The number of aryl methyl sites for hydroxylation is 1. The Hall–Kier alpha value is -1.31. The van der Waals surface area contributed by atoms with E-state index >= 15 is 0 Å². The predicted octanol–water partition coefficient (Wildman–Crippen LogP) is 3.23. The van der Waals surface area contributed by atoms with Crippen molar-refractivity contribution in [3.63, 3.8) is 0 Å². The van der Waals surface area contributed by atoms with Crippen LogP contribution in [0, 0.1) is 5.92 Å². The zero-order valence-corrected chi connectivity index (χ0v) is 9.71. The van der Waals surface area contributed by atoms with Gasteiger partial charge in [0.25, 0.3) is 0 Å². The van der Waals surface area contributed by atoms with E-state index in [1.807, 2.05) is 12.1 Å². The monoisotopic (exact) mass is 205 g/mol. The number of carbonyl (C=O) groups is 1. The van der Waals surface area contributed by atoms with Gasteiger partial charge in [0.15, 0.2) is 0 Å². The summed E-state index contributed by atoms with van der Waals surface area (Å²) in [5.74, 6) is 0.713. The van der Waals surface area contributed by atoms with Crippen LogP contribution in [-0.4, -0.2) is 5.91 Å². The van der Waals surface area contributed by atoms with E-state index in [4.69, 9.17) is 0 Å². The lowest BCUT2D eigenvalue weighted by Crippen LogP contribution is -2.05. The van der Waals surface area contributed by atoms with Crippen molar-refractivity contribution in [1.82, 2.24) is 0 Å². The third kappa shape index (κ3) is 4.63. The molecule has 0 fully saturated rings. The van der Waals surface area contributed by atoms with Gasteiger partial charge in [0.1, 0.15) is 0 Å². The smallest absolute Gasteiger partial charge is 0.221 e. The third-order valence-electron chi connectivity index (χ3n) is 2.28. The standard InChI is InChI=1S/C13H19NO/c1-10(2)4-5-12-6-8-13(9-7-12)14-11(3)15/h6-10H,4-5H2,1-3H3,(H,14,15). The van der Waals surface area contributed by atoms with Gasteiger partial charge in [-0.1, -0.05) is 26.0 Å². The quantitative estimate of drug-likeness (QED) is 0.803. The summed E-state index contributed by atoms with van der Waals surface area (Å²) < 4.78 is 0. The fourth-order valence-electron chi connectivity index (χ4n) is 1.41. The Bertz CT molecular complexity index is 314. The number of carbonyl (C=O) groups excluding carboxylic acids is 1. The maximum Gasteiger partial charge on any atom is 0.221 e. The molecule has 1 N–H and O–H groups in total. The zero-order chi connectivity index (χ0) is 11.3. The lowest BCUT2D eigenvalue weighted by Gasteiger charge is -2.06. The van der Waals surface area contributed by atoms with Crippen LogP contribution in [-0.2, 0) is 11.2 Å². The molecular weight excluding hydrogens is 186 g/mol. The Kier molecular flexibility index (Phi) is 4.35. The average Bonchev–Trinajstić information content (AvgIpc) is 2.16. The van der Waals surface area contributed by atoms with Gasteiger partial charge in [-0.15, -0.1) is 0 Å². The van der Waals surface area contributed by atoms with Gasteiger partial charge in [0.2, 0.25) is 5.91 Å². The van der Waals surface area contributed by atoms with Crippen LogP contribution in [0.5, 0.6) is 0 Å². The largest absolute Gasteiger partial charge is 0.326 e. The molecule has 15 heavy (non-hydrogen) atoms. The highest BCUT2D eigenvalue weighted by atomic mass is 16.1. The molecule has 0 atom stereocenters. The van der Waals surface area contributed by atoms with E-state index in [2.05, 4.69) is 31.3 Å². The molecule has 1 amide bonds. The average molecular weight is 205 g/mol. The molecule has 1 aromatic rings. The van der Waals surface area contributed by atoms with Crippen molar-refractivity contribution in [2.24, 2.45) is 5.92 Å². The molecule has 2 heteroatoms. The van der Waals surface area contributed by atoms with Gasteiger partial charge >= 0.3 is 0 Å². The Morgan fingerprint density at radius 2 is 1.87 bits per heavy atom. The maximum absolute atomic E-state index is 10.8. The highest BCUT2D eigenvalue weighted by molar-refractivity contribution is 5.88. The molecule has 0 aliphatic carbocycles. The maximum atomic E-state index is 10.8. The summed E-state index contributed by atoms with van der Waals surface area (Å²) in [6, 6.07) is 8.06. The molecule has 0 radical (unpaired) electrons. The molecule has 0 aliphatic rings. The number of hydrogen-bond acceptors (Lipinski definition) is 1. The summed E-state index contributed by atoms with van der Waals surface area (Å²) in [6.45, 7) is 5.98. The zero-order valence-electron chi connectivity index (χ0n) is 9.71. The number of hydrogen-bond donors (Lipinski definition) is 1. The van der Waals surface area contributed by atoms with Crippen LogP contribution < -0.4 is 5.32 Å². The van der Waals surface area contributed by atoms with Crippen molar-refractivity contribution in [2.45, 2.75) is 33.6 Å². The van der Waals surface area contributed by atoms with E-state index in [9.17, 15) is 4.79 Å². The van der Waals surface area contributed by atoms with Gasteiger partial charge in [-0.25, -0.2) is 0 Å². The van der Waals surface area contributed by atoms with Gasteiger partial charge in [-0.05, 0) is 36.5 Å². The van der Waals surface area contributed by atoms with Gasteiger partial charge in [-0.2, -0.15) is 0 Å². The Morgan fingerprint density at radius 3 is 2.33 bits per heavy atom. The normalized spacial score (nSPS) is 10.4. The fourth-order valence-corrected chi connectivity index (χ4v) is 1.41. The molecule has 1 aromatic carbocycles. The Labute approximate surface area is 91.7 Å². The van der Waals surface area contributed by atoms with E-state index in [1.165, 1.54) is 18.9 Å². The first-order chi connectivity index (χ1) is 7.08. The number of amides is 1. The molecule has 1 rings (SSSR count). The van der Waals surface area contributed by atoms with E-state index in [-0.39, 0.29) is 5.91 Å². The first kappa shape index (κ1) is 11.8. The van der Waals surface area contributed by atoms with Crippen molar-refractivity contribution in [1.29, 1.82) is 0 Å². The number of benzene rings is 1. The summed E-state index contributed by atoms with van der Waals surface area (Å²) in [6.07, 6.45) is 2.32. The molecule has 0 aliphatic heterocycles. The van der Waals surface area contributed by atoms with Crippen LogP contribution in [0.2, 0.25) is 0 Å². The van der Waals surface area contributed by atoms with Crippen molar-refractivity contribution >= 4 is 11.6 Å². The SMILES string of the molecule is CC(=O)Nc1ccc(CCC(C)C)cc1. The van der Waals surface area contributed by atoms with Crippen molar-refractivity contribution in [3.8, 4) is 0 Å². The highest BCUT2D eigenvalue weighted by Gasteiger charge is 1.98. The third-order valence-corrected chi connectivity index (χ3v) is 2.28. The van der Waals surface area contributed by atoms with Crippen molar-refractivity contribution < 1.29 is 4.79 Å². The summed E-state index contributed by atoms with van der Waals surface area (Å²) in [7, 11) is 0. The molecule has 0 spiro atoms. The first-order valence-electron chi connectivity index (χ1n) is 5.44. The van der Waals surface area contributed by atoms with Crippen LogP contribution in [0.25, 0.3) is 0 Å². The minimum absolute atomic E-state index is 0.0232. The van der Waals surface area contributed by atoms with Crippen LogP contribution in [0.1, 0.15) is 32.8 Å². The van der Waals surface area contributed by atoms with Crippen LogP contribution in [0.15, 0.2) is 24.3 Å². The molecule has 0 bridgehead atoms. The van der Waals surface area contributed by atoms with E-state index in [0.717, 1.165) is 18.0 Å². The second-order valence-electron chi connectivity index (χ2n) is 4.31. The molecule has 0 unspecified atom stereocenters. The molecule has 0 heterocycles. The Balaban J connectivity index is 2.52. The van der Waals surface area contributed by atoms with Gasteiger partial charge in [0, 0.05) is 12.6 Å². The number of rotatable bonds is 4. The Morgan fingerprint density at radius 1 is 1.27 bits per heavy atom. The van der Waals surface area contributed by atoms with Gasteiger partial charge < -0.3 is 5.32 Å². The summed E-state index contributed by atoms with van der Waals surface area (Å²) in [5, 5.41) is 2.76. The van der Waals surface area contributed by atoms with E-state index in [1.54, 1.807) is 0 Å². The van der Waals surface area contributed by atoms with Crippen molar-refractivity contribution in [3.05, 3.63) is 29.8 Å². The number of nitrogens with one attached hydrogen (secondary N) is 1. The first-order valence-corrected chi connectivity index (χ1v) is 5.44. The van der Waals surface area contributed by atoms with E-state index < -0.39 is 0 Å². The summed E-state index contributed by atoms with van der Waals surface area (Å²) in [4.78, 5) is 10.8. The molecular formula is C13H19NO. The summed E-state index contributed by atoms with van der Waals surface area (Å²) >= 11 is 0. The predicted molar refractivity (Wildman–Crippen MR) is 63.9 cm³/mol. The lowest BCUT2D eigenvalue weighted by molar-refractivity contribution is -0.114. The topological polar surface area (TPSA) is 29.1 Å². The molecule has 82 valence electrons. The second kappa shape index (κ2) is 5.54. The fraction of sp³-hybridized carbons (Fsp3) is 0.462. The molecule has 2 nitrogen and oxygen atoms in total. The van der Waals surface area contributed by atoms with Gasteiger partial charge in [-0.3, -0.25) is 4.79 Å². The molecule has 0 saturated carbocycles. The van der Waals surface area contributed by atoms with E-state index in [0.29, 0.717) is 0 Å². The van der Waals surface area contributed by atoms with Gasteiger partial charge in [0.05, 0.1) is 0 Å². The van der Waals surface area contributed by atoms with Crippen LogP contribution >= 0.6 is 0 Å². The minimum atomic E-state index is -0.0232. The lowest BCUT2D eigenvalue weighted by atomic mass is 10.0. The number of anilines is 1. The minimum Gasteiger partial charge on any atom is -0.326 e. The summed E-state index contributed by atoms with van der Waals surface area (Å²) in [5.41, 5.74) is 2.20.